The Labute approximate surface area is 97.9 Å². The molecule has 6 heteroatoms. The van der Waals surface area contributed by atoms with E-state index in [-0.39, 0.29) is 19.8 Å². The van der Waals surface area contributed by atoms with Crippen molar-refractivity contribution in [2.75, 3.05) is 25.5 Å². The van der Waals surface area contributed by atoms with Crippen LogP contribution in [0.5, 0.6) is 5.75 Å². The molecule has 0 bridgehead atoms. The molecule has 0 unspecified atom stereocenters. The Morgan fingerprint density at radius 3 is 2.71 bits per heavy atom. The molecule has 0 spiro atoms. The van der Waals surface area contributed by atoms with Crippen LogP contribution in [0.2, 0.25) is 0 Å². The van der Waals surface area contributed by atoms with E-state index in [4.69, 9.17) is 10.5 Å². The molecule has 1 aliphatic heterocycles. The normalized spacial score (nSPS) is 14.6. The molecule has 6 nitrogen and oxygen atoms in total. The molecule has 0 atom stereocenters. The number of rotatable bonds is 3. The second-order valence-electron chi connectivity index (χ2n) is 3.52. The van der Waals surface area contributed by atoms with E-state index in [0.717, 1.165) is 4.90 Å². The first-order chi connectivity index (χ1) is 8.16. The van der Waals surface area contributed by atoms with E-state index in [1.807, 2.05) is 0 Å². The van der Waals surface area contributed by atoms with E-state index in [2.05, 4.69) is 4.74 Å². The maximum atomic E-state index is 11.6. The highest BCUT2D eigenvalue weighted by Crippen LogP contribution is 2.13. The van der Waals surface area contributed by atoms with Crippen LogP contribution in [0.1, 0.15) is 0 Å². The third kappa shape index (κ3) is 2.66. The Kier molecular flexibility index (Phi) is 3.13. The second-order valence-corrected chi connectivity index (χ2v) is 3.52. The first kappa shape index (κ1) is 11.3. The largest absolute Gasteiger partial charge is 0.484 e. The number of cyclic esters (lactones) is 1. The average Bonchev–Trinajstić information content (AvgIpc) is 2.74. The molecule has 1 heterocycles. The SMILES string of the molecule is Nc1ccc(OCC(=O)N2CCOC2=O)cc1. The number of carbonyl (C=O) groups is 2. The van der Waals surface area contributed by atoms with E-state index in [1.54, 1.807) is 24.3 Å². The molecule has 17 heavy (non-hydrogen) atoms. The number of nitrogens with two attached hydrogens (primary N) is 1. The summed E-state index contributed by atoms with van der Waals surface area (Å²) in [7, 11) is 0. The Morgan fingerprint density at radius 1 is 1.41 bits per heavy atom. The van der Waals surface area contributed by atoms with Crippen molar-refractivity contribution in [2.24, 2.45) is 0 Å². The fourth-order valence-corrected chi connectivity index (χ4v) is 1.41. The highest BCUT2D eigenvalue weighted by atomic mass is 16.6. The minimum absolute atomic E-state index is 0.195. The van der Waals surface area contributed by atoms with Crippen molar-refractivity contribution in [3.05, 3.63) is 24.3 Å². The third-order valence-electron chi connectivity index (χ3n) is 2.30. The van der Waals surface area contributed by atoms with Crippen molar-refractivity contribution in [1.82, 2.24) is 4.90 Å². The second kappa shape index (κ2) is 4.73. The van der Waals surface area contributed by atoms with Crippen molar-refractivity contribution < 1.29 is 19.1 Å². The Bertz CT molecular complexity index is 430. The zero-order valence-corrected chi connectivity index (χ0v) is 9.09. The summed E-state index contributed by atoms with van der Waals surface area (Å²) in [6.07, 6.45) is -0.615. The molecule has 1 saturated heterocycles. The predicted octanol–water partition coefficient (Wildman–Crippen LogP) is 0.626. The van der Waals surface area contributed by atoms with Crippen LogP contribution in [0.15, 0.2) is 24.3 Å². The lowest BCUT2D eigenvalue weighted by Crippen LogP contribution is -2.35. The topological polar surface area (TPSA) is 81.9 Å². The van der Waals surface area contributed by atoms with Crippen molar-refractivity contribution >= 4 is 17.7 Å². The van der Waals surface area contributed by atoms with E-state index < -0.39 is 12.0 Å². The fraction of sp³-hybridized carbons (Fsp3) is 0.273. The quantitative estimate of drug-likeness (QED) is 0.778. The molecule has 2 amide bonds. The molecule has 0 aliphatic carbocycles. The van der Waals surface area contributed by atoms with Crippen LogP contribution in [0.25, 0.3) is 0 Å². The zero-order chi connectivity index (χ0) is 12.3. The molecule has 1 aromatic rings. The summed E-state index contributed by atoms with van der Waals surface area (Å²) in [6.45, 7) is 0.328. The smallest absolute Gasteiger partial charge is 0.416 e. The lowest BCUT2D eigenvalue weighted by atomic mass is 10.3. The Morgan fingerprint density at radius 2 is 2.12 bits per heavy atom. The van der Waals surface area contributed by atoms with Crippen LogP contribution in [-0.4, -0.2) is 36.7 Å². The number of imide groups is 1. The number of anilines is 1. The monoisotopic (exact) mass is 236 g/mol. The molecule has 0 aromatic heterocycles. The van der Waals surface area contributed by atoms with Gasteiger partial charge >= 0.3 is 6.09 Å². The van der Waals surface area contributed by atoms with E-state index >= 15 is 0 Å². The van der Waals surface area contributed by atoms with Crippen molar-refractivity contribution in [3.8, 4) is 5.75 Å². The number of benzene rings is 1. The summed E-state index contributed by atoms with van der Waals surface area (Å²) in [5, 5.41) is 0. The van der Waals surface area contributed by atoms with Crippen molar-refractivity contribution in [3.63, 3.8) is 0 Å². The molecule has 1 fully saturated rings. The van der Waals surface area contributed by atoms with E-state index in [0.29, 0.717) is 11.4 Å². The molecule has 0 radical (unpaired) electrons. The average molecular weight is 236 g/mol. The Hall–Kier alpha value is -2.24. The number of amides is 2. The lowest BCUT2D eigenvalue weighted by molar-refractivity contribution is -0.129. The summed E-state index contributed by atoms with van der Waals surface area (Å²) in [5.74, 6) is 0.115. The van der Waals surface area contributed by atoms with Gasteiger partial charge < -0.3 is 15.2 Å². The van der Waals surface area contributed by atoms with Gasteiger partial charge in [0.2, 0.25) is 0 Å². The van der Waals surface area contributed by atoms with Crippen molar-refractivity contribution in [1.29, 1.82) is 0 Å². The molecular formula is C11H12N2O4. The number of ether oxygens (including phenoxy) is 2. The van der Waals surface area contributed by atoms with Gasteiger partial charge in [0.25, 0.3) is 5.91 Å². The van der Waals surface area contributed by atoms with Gasteiger partial charge in [-0.1, -0.05) is 0 Å². The summed E-state index contributed by atoms with van der Waals surface area (Å²) >= 11 is 0. The molecule has 1 aliphatic rings. The van der Waals surface area contributed by atoms with Crippen molar-refractivity contribution in [2.45, 2.75) is 0 Å². The van der Waals surface area contributed by atoms with Gasteiger partial charge in [0.15, 0.2) is 6.61 Å². The highest BCUT2D eigenvalue weighted by Gasteiger charge is 2.28. The number of hydrogen-bond acceptors (Lipinski definition) is 5. The number of nitrogens with zero attached hydrogens (tertiary/aromatic N) is 1. The van der Waals surface area contributed by atoms with Gasteiger partial charge in [-0.2, -0.15) is 0 Å². The van der Waals surface area contributed by atoms with Gasteiger partial charge in [-0.25, -0.2) is 9.69 Å². The van der Waals surface area contributed by atoms with Crippen LogP contribution in [-0.2, 0) is 9.53 Å². The van der Waals surface area contributed by atoms with Crippen LogP contribution >= 0.6 is 0 Å². The summed E-state index contributed by atoms with van der Waals surface area (Å²) in [5.41, 5.74) is 6.13. The Balaban J connectivity index is 1.87. The third-order valence-corrected chi connectivity index (χ3v) is 2.30. The van der Waals surface area contributed by atoms with Gasteiger partial charge in [-0.15, -0.1) is 0 Å². The molecule has 2 N–H and O–H groups in total. The van der Waals surface area contributed by atoms with Crippen LogP contribution in [0, 0.1) is 0 Å². The standard InChI is InChI=1S/C11H12N2O4/c12-8-1-3-9(4-2-8)17-7-10(14)13-5-6-16-11(13)15/h1-4H,5-7,12H2. The number of carbonyl (C=O) groups excluding carboxylic acids is 2. The number of hydrogen-bond donors (Lipinski definition) is 1. The summed E-state index contributed by atoms with van der Waals surface area (Å²) < 4.78 is 9.88. The molecule has 90 valence electrons. The highest BCUT2D eigenvalue weighted by molar-refractivity contribution is 5.93. The fourth-order valence-electron chi connectivity index (χ4n) is 1.41. The van der Waals surface area contributed by atoms with Crippen LogP contribution in [0.3, 0.4) is 0 Å². The molecule has 1 aromatic carbocycles. The van der Waals surface area contributed by atoms with Crippen LogP contribution in [0.4, 0.5) is 10.5 Å². The number of nitrogen functional groups attached to an aromatic ring is 1. The zero-order valence-electron chi connectivity index (χ0n) is 9.09. The predicted molar refractivity (Wildman–Crippen MR) is 59.4 cm³/mol. The summed E-state index contributed by atoms with van der Waals surface area (Å²) in [4.78, 5) is 23.7. The van der Waals surface area contributed by atoms with Gasteiger partial charge in [0.1, 0.15) is 12.4 Å². The molecule has 0 saturated carbocycles. The van der Waals surface area contributed by atoms with Gasteiger partial charge in [0.05, 0.1) is 6.54 Å². The minimum atomic E-state index is -0.615. The maximum Gasteiger partial charge on any atom is 0.416 e. The first-order valence-electron chi connectivity index (χ1n) is 5.12. The van der Waals surface area contributed by atoms with Gasteiger partial charge in [-0.3, -0.25) is 4.79 Å². The molecule has 2 rings (SSSR count). The summed E-state index contributed by atoms with van der Waals surface area (Å²) in [6, 6.07) is 6.66. The van der Waals surface area contributed by atoms with E-state index in [1.165, 1.54) is 0 Å². The minimum Gasteiger partial charge on any atom is -0.484 e. The lowest BCUT2D eigenvalue weighted by Gasteiger charge is -2.11. The van der Waals surface area contributed by atoms with Gasteiger partial charge in [0, 0.05) is 5.69 Å². The van der Waals surface area contributed by atoms with E-state index in [9.17, 15) is 9.59 Å². The maximum absolute atomic E-state index is 11.6. The molecular weight excluding hydrogens is 224 g/mol. The van der Waals surface area contributed by atoms with Crippen LogP contribution < -0.4 is 10.5 Å². The van der Waals surface area contributed by atoms with Gasteiger partial charge in [-0.05, 0) is 24.3 Å². The first-order valence-corrected chi connectivity index (χ1v) is 5.12.